The van der Waals surface area contributed by atoms with E-state index in [1.54, 1.807) is 4.57 Å². The van der Waals surface area contributed by atoms with Crippen LogP contribution < -0.4 is 5.56 Å². The van der Waals surface area contributed by atoms with Crippen LogP contribution in [0.1, 0.15) is 32.0 Å². The molecule has 1 saturated heterocycles. The number of hydrogen-bond acceptors (Lipinski definition) is 6. The molecule has 0 bridgehead atoms. The van der Waals surface area contributed by atoms with Crippen molar-refractivity contribution >= 4 is 33.2 Å². The zero-order valence-electron chi connectivity index (χ0n) is 18.0. The summed E-state index contributed by atoms with van der Waals surface area (Å²) in [6.07, 6.45) is 2.90. The summed E-state index contributed by atoms with van der Waals surface area (Å²) in [4.78, 5) is 28.2. The second-order valence-electron chi connectivity index (χ2n) is 8.00. The molecule has 0 radical (unpaired) electrons. The standard InChI is InChI=1S/C23H27N5O3/c1-3-30-12-7-11-27-15(2)24-21-19(23(27)29)20-22(28(21)14-16-8-6-13-31-16)26-18-10-5-4-9-17(18)25-20/h4-5,9-10,16H,3,6-8,11-14H2,1-2H3/t16-/m1/s1. The summed E-state index contributed by atoms with van der Waals surface area (Å²) in [5, 5.41) is 0.535. The molecule has 1 fully saturated rings. The summed E-state index contributed by atoms with van der Waals surface area (Å²) in [6.45, 7) is 7.09. The zero-order chi connectivity index (χ0) is 21.4. The van der Waals surface area contributed by atoms with E-state index in [4.69, 9.17) is 24.4 Å². The van der Waals surface area contributed by atoms with Crippen molar-refractivity contribution in [3.8, 4) is 0 Å². The number of ether oxygens (including phenoxy) is 2. The van der Waals surface area contributed by atoms with Crippen molar-refractivity contribution in [3.63, 3.8) is 0 Å². The maximum Gasteiger partial charge on any atom is 0.265 e. The molecule has 1 aliphatic rings. The highest BCUT2D eigenvalue weighted by molar-refractivity contribution is 6.04. The fourth-order valence-electron chi connectivity index (χ4n) is 4.39. The lowest BCUT2D eigenvalue weighted by molar-refractivity contribution is 0.0986. The van der Waals surface area contributed by atoms with E-state index in [1.807, 2.05) is 42.7 Å². The Bertz CT molecular complexity index is 1300. The number of aromatic nitrogens is 5. The third kappa shape index (κ3) is 3.59. The van der Waals surface area contributed by atoms with Crippen LogP contribution in [0, 0.1) is 6.92 Å². The summed E-state index contributed by atoms with van der Waals surface area (Å²) in [5.74, 6) is 0.690. The normalized spacial score (nSPS) is 16.8. The van der Waals surface area contributed by atoms with Crippen LogP contribution in [0.3, 0.4) is 0 Å². The Morgan fingerprint density at radius 2 is 1.94 bits per heavy atom. The van der Waals surface area contributed by atoms with E-state index in [0.717, 1.165) is 36.9 Å². The Labute approximate surface area is 179 Å². The van der Waals surface area contributed by atoms with Gasteiger partial charge in [0.25, 0.3) is 5.56 Å². The summed E-state index contributed by atoms with van der Waals surface area (Å²) < 4.78 is 15.1. The van der Waals surface area contributed by atoms with E-state index in [-0.39, 0.29) is 11.7 Å². The molecule has 0 N–H and O–H groups in total. The van der Waals surface area contributed by atoms with Gasteiger partial charge in [-0.1, -0.05) is 12.1 Å². The van der Waals surface area contributed by atoms with Gasteiger partial charge in [0.1, 0.15) is 16.7 Å². The molecule has 0 spiro atoms. The van der Waals surface area contributed by atoms with Crippen LogP contribution in [-0.2, 0) is 22.6 Å². The Balaban J connectivity index is 1.72. The molecule has 1 aliphatic heterocycles. The van der Waals surface area contributed by atoms with Gasteiger partial charge in [-0.25, -0.2) is 15.0 Å². The molecule has 8 heteroatoms. The Kier molecular flexibility index (Phi) is 5.41. The van der Waals surface area contributed by atoms with Crippen LogP contribution in [0.2, 0.25) is 0 Å². The third-order valence-corrected chi connectivity index (χ3v) is 5.93. The lowest BCUT2D eigenvalue weighted by Gasteiger charge is -2.13. The Morgan fingerprint density at radius 3 is 2.68 bits per heavy atom. The van der Waals surface area contributed by atoms with Crippen LogP contribution in [0.5, 0.6) is 0 Å². The van der Waals surface area contributed by atoms with Gasteiger partial charge in [0.2, 0.25) is 0 Å². The average molecular weight is 422 g/mol. The molecule has 31 heavy (non-hydrogen) atoms. The van der Waals surface area contributed by atoms with E-state index >= 15 is 0 Å². The second kappa shape index (κ2) is 8.36. The molecular formula is C23H27N5O3. The summed E-state index contributed by atoms with van der Waals surface area (Å²) in [7, 11) is 0. The Morgan fingerprint density at radius 1 is 1.13 bits per heavy atom. The summed E-state index contributed by atoms with van der Waals surface area (Å²) >= 11 is 0. The summed E-state index contributed by atoms with van der Waals surface area (Å²) in [6, 6.07) is 7.75. The molecule has 4 heterocycles. The maximum absolute atomic E-state index is 13.6. The number of nitrogens with zero attached hydrogens (tertiary/aromatic N) is 5. The van der Waals surface area contributed by atoms with E-state index in [2.05, 4.69) is 0 Å². The van der Waals surface area contributed by atoms with Gasteiger partial charge >= 0.3 is 0 Å². The van der Waals surface area contributed by atoms with Crippen LogP contribution in [0.15, 0.2) is 29.1 Å². The monoisotopic (exact) mass is 421 g/mol. The van der Waals surface area contributed by atoms with Gasteiger partial charge < -0.3 is 14.0 Å². The quantitative estimate of drug-likeness (QED) is 0.426. The predicted octanol–water partition coefficient (Wildman–Crippen LogP) is 3.21. The minimum absolute atomic E-state index is 0.0698. The van der Waals surface area contributed by atoms with Gasteiger partial charge in [-0.3, -0.25) is 9.36 Å². The minimum Gasteiger partial charge on any atom is -0.382 e. The molecule has 0 saturated carbocycles. The van der Waals surface area contributed by atoms with E-state index in [1.165, 1.54) is 0 Å². The number of benzene rings is 1. The van der Waals surface area contributed by atoms with E-state index in [9.17, 15) is 4.79 Å². The number of rotatable bonds is 7. The molecule has 3 aromatic heterocycles. The van der Waals surface area contributed by atoms with Gasteiger partial charge in [-0.05, 0) is 45.2 Å². The van der Waals surface area contributed by atoms with Crippen LogP contribution >= 0.6 is 0 Å². The van der Waals surface area contributed by atoms with Crippen LogP contribution in [0.4, 0.5) is 0 Å². The fraction of sp³-hybridized carbons (Fsp3) is 0.478. The largest absolute Gasteiger partial charge is 0.382 e. The average Bonchev–Trinajstić information content (AvgIpc) is 3.38. The first-order valence-electron chi connectivity index (χ1n) is 11.0. The molecule has 4 aromatic rings. The topological polar surface area (TPSA) is 84.1 Å². The minimum atomic E-state index is -0.0698. The lowest BCUT2D eigenvalue weighted by Crippen LogP contribution is -2.25. The van der Waals surface area contributed by atoms with Gasteiger partial charge in [0, 0.05) is 26.4 Å². The van der Waals surface area contributed by atoms with Crippen LogP contribution in [-0.4, -0.2) is 50.0 Å². The van der Waals surface area contributed by atoms with Crippen molar-refractivity contribution in [1.82, 2.24) is 24.1 Å². The lowest BCUT2D eigenvalue weighted by atomic mass is 10.2. The smallest absolute Gasteiger partial charge is 0.265 e. The highest BCUT2D eigenvalue weighted by Crippen LogP contribution is 2.27. The number of para-hydroxylation sites is 2. The number of hydrogen-bond donors (Lipinski definition) is 0. The van der Waals surface area contributed by atoms with Gasteiger partial charge in [-0.15, -0.1) is 0 Å². The maximum atomic E-state index is 13.6. The first-order chi connectivity index (χ1) is 15.2. The molecule has 1 aromatic carbocycles. The first-order valence-corrected chi connectivity index (χ1v) is 11.0. The molecule has 162 valence electrons. The second-order valence-corrected chi connectivity index (χ2v) is 8.00. The van der Waals surface area contributed by atoms with Crippen LogP contribution in [0.25, 0.3) is 33.2 Å². The van der Waals surface area contributed by atoms with Crippen molar-refractivity contribution in [1.29, 1.82) is 0 Å². The van der Waals surface area contributed by atoms with E-state index in [0.29, 0.717) is 54.3 Å². The van der Waals surface area contributed by atoms with Crippen molar-refractivity contribution < 1.29 is 9.47 Å². The van der Waals surface area contributed by atoms with Crippen molar-refractivity contribution in [2.45, 2.75) is 52.3 Å². The molecular weight excluding hydrogens is 394 g/mol. The molecule has 0 aliphatic carbocycles. The zero-order valence-corrected chi connectivity index (χ0v) is 18.0. The van der Waals surface area contributed by atoms with Crippen molar-refractivity contribution in [3.05, 3.63) is 40.4 Å². The highest BCUT2D eigenvalue weighted by atomic mass is 16.5. The van der Waals surface area contributed by atoms with Gasteiger partial charge in [0.05, 0.1) is 23.7 Å². The Hall–Kier alpha value is -2.84. The summed E-state index contributed by atoms with van der Waals surface area (Å²) in [5.41, 5.74) is 3.46. The SMILES string of the molecule is CCOCCCn1c(C)nc2c(c1=O)c1nc3ccccc3nc1n2C[C@H]1CCCO1. The van der Waals surface area contributed by atoms with E-state index < -0.39 is 0 Å². The predicted molar refractivity (Wildman–Crippen MR) is 119 cm³/mol. The highest BCUT2D eigenvalue weighted by Gasteiger charge is 2.24. The fourth-order valence-corrected chi connectivity index (χ4v) is 4.39. The van der Waals surface area contributed by atoms with Crippen molar-refractivity contribution in [2.75, 3.05) is 19.8 Å². The van der Waals surface area contributed by atoms with Gasteiger partial charge in [-0.2, -0.15) is 0 Å². The van der Waals surface area contributed by atoms with Gasteiger partial charge in [0.15, 0.2) is 11.3 Å². The molecule has 0 unspecified atom stereocenters. The molecule has 1 atom stereocenters. The third-order valence-electron chi connectivity index (χ3n) is 5.93. The first kappa shape index (κ1) is 20.1. The molecule has 5 rings (SSSR count). The molecule has 0 amide bonds. The molecule has 8 nitrogen and oxygen atoms in total. The van der Waals surface area contributed by atoms with Crippen molar-refractivity contribution in [2.24, 2.45) is 0 Å². The number of aryl methyl sites for hydroxylation is 1. The number of fused-ring (bicyclic) bond motifs is 4.